The molecule has 0 atom stereocenters. The molecule has 1 aromatic heterocycles. The predicted molar refractivity (Wildman–Crippen MR) is 102 cm³/mol. The Balaban J connectivity index is 1.56. The molecule has 0 aliphatic rings. The summed E-state index contributed by atoms with van der Waals surface area (Å²) in [5, 5.41) is 7.24. The Bertz CT molecular complexity index is 958. The average Bonchev–Trinajstić information content (AvgIpc) is 3.16. The quantitative estimate of drug-likeness (QED) is 0.658. The summed E-state index contributed by atoms with van der Waals surface area (Å²) in [5.41, 5.74) is 1.33. The summed E-state index contributed by atoms with van der Waals surface area (Å²) in [4.78, 5) is 25.1. The summed E-state index contributed by atoms with van der Waals surface area (Å²) in [6.45, 7) is 0.0304. The summed E-state index contributed by atoms with van der Waals surface area (Å²) in [6, 6.07) is 14.1. The maximum Gasteiger partial charge on any atom is 0.254 e. The summed E-state index contributed by atoms with van der Waals surface area (Å²) < 4.78 is 26.5. The van der Waals surface area contributed by atoms with Gasteiger partial charge in [0.2, 0.25) is 5.91 Å². The molecule has 3 aromatic rings. The van der Waals surface area contributed by atoms with Gasteiger partial charge in [0.05, 0.1) is 5.56 Å². The number of hydrogen-bond acceptors (Lipinski definition) is 3. The third-order valence-corrected chi connectivity index (χ3v) is 4.70. The Labute approximate surface area is 158 Å². The van der Waals surface area contributed by atoms with E-state index < -0.39 is 17.5 Å². The highest BCUT2D eigenvalue weighted by molar-refractivity contribution is 7.13. The van der Waals surface area contributed by atoms with Gasteiger partial charge in [-0.25, -0.2) is 8.78 Å². The van der Waals surface area contributed by atoms with Gasteiger partial charge in [0.25, 0.3) is 5.91 Å². The van der Waals surface area contributed by atoms with Gasteiger partial charge in [-0.2, -0.15) is 0 Å². The van der Waals surface area contributed by atoms with Gasteiger partial charge < -0.3 is 10.6 Å². The lowest BCUT2D eigenvalue weighted by Gasteiger charge is -2.10. The maximum absolute atomic E-state index is 13.6. The highest BCUT2D eigenvalue weighted by Gasteiger charge is 2.13. The molecule has 138 valence electrons. The van der Waals surface area contributed by atoms with E-state index in [0.29, 0.717) is 11.8 Å². The molecule has 7 heteroatoms. The van der Waals surface area contributed by atoms with Gasteiger partial charge in [-0.1, -0.05) is 24.3 Å². The number of benzene rings is 2. The topological polar surface area (TPSA) is 58.2 Å². The predicted octanol–water partition coefficient (Wildman–Crippen LogP) is 4.45. The number of halogens is 2. The fraction of sp³-hybridized carbons (Fsp3) is 0.100. The van der Waals surface area contributed by atoms with Crippen molar-refractivity contribution in [3.05, 3.63) is 77.2 Å². The Hall–Kier alpha value is -3.06. The molecule has 0 aliphatic heterocycles. The third-order valence-electron chi connectivity index (χ3n) is 3.80. The van der Waals surface area contributed by atoms with Crippen molar-refractivity contribution in [3.63, 3.8) is 0 Å². The van der Waals surface area contributed by atoms with Crippen LogP contribution < -0.4 is 10.6 Å². The number of hydrogen-bond donors (Lipinski definition) is 2. The van der Waals surface area contributed by atoms with Gasteiger partial charge in [0.15, 0.2) is 0 Å². The van der Waals surface area contributed by atoms with Crippen LogP contribution in [0.5, 0.6) is 0 Å². The van der Waals surface area contributed by atoms with Crippen LogP contribution in [-0.2, 0) is 4.79 Å². The van der Waals surface area contributed by atoms with Crippen LogP contribution >= 0.6 is 11.3 Å². The minimum Gasteiger partial charge on any atom is -0.351 e. The fourth-order valence-electron chi connectivity index (χ4n) is 2.51. The van der Waals surface area contributed by atoms with Crippen molar-refractivity contribution in [2.24, 2.45) is 0 Å². The van der Waals surface area contributed by atoms with E-state index in [2.05, 4.69) is 10.6 Å². The summed E-state index contributed by atoms with van der Waals surface area (Å²) in [7, 11) is 0. The molecule has 0 aliphatic carbocycles. The van der Waals surface area contributed by atoms with Crippen molar-refractivity contribution in [3.8, 4) is 10.4 Å². The van der Waals surface area contributed by atoms with Gasteiger partial charge in [-0.05, 0) is 29.6 Å². The first kappa shape index (κ1) is 18.7. The molecule has 0 spiro atoms. The first-order valence-corrected chi connectivity index (χ1v) is 9.08. The zero-order chi connectivity index (χ0) is 19.2. The first-order chi connectivity index (χ1) is 13.0. The van der Waals surface area contributed by atoms with Gasteiger partial charge in [0.1, 0.15) is 11.6 Å². The Morgan fingerprint density at radius 2 is 1.81 bits per heavy atom. The molecule has 2 amide bonds. The average molecular weight is 386 g/mol. The van der Waals surface area contributed by atoms with E-state index in [0.717, 1.165) is 22.6 Å². The van der Waals surface area contributed by atoms with Gasteiger partial charge in [0, 0.05) is 35.2 Å². The SMILES string of the molecule is O=C(CCNC(=O)c1ccc(F)cc1F)Nc1ccccc1-c1cccs1. The zero-order valence-electron chi connectivity index (χ0n) is 14.2. The van der Waals surface area contributed by atoms with Crippen molar-refractivity contribution in [2.75, 3.05) is 11.9 Å². The maximum atomic E-state index is 13.6. The molecule has 27 heavy (non-hydrogen) atoms. The van der Waals surface area contributed by atoms with Crippen LogP contribution in [0.15, 0.2) is 60.0 Å². The second-order valence-electron chi connectivity index (χ2n) is 5.70. The molecule has 0 radical (unpaired) electrons. The van der Waals surface area contributed by atoms with E-state index in [-0.39, 0.29) is 24.4 Å². The van der Waals surface area contributed by atoms with Crippen molar-refractivity contribution in [1.82, 2.24) is 5.32 Å². The van der Waals surface area contributed by atoms with E-state index in [1.54, 1.807) is 17.4 Å². The molecule has 1 heterocycles. The van der Waals surface area contributed by atoms with Crippen molar-refractivity contribution in [1.29, 1.82) is 0 Å². The summed E-state index contributed by atoms with van der Waals surface area (Å²) >= 11 is 1.57. The van der Waals surface area contributed by atoms with E-state index >= 15 is 0 Å². The number of anilines is 1. The summed E-state index contributed by atoms with van der Waals surface area (Å²) in [5.74, 6) is -2.67. The molecule has 3 rings (SSSR count). The minimum absolute atomic E-state index is 0.0212. The van der Waals surface area contributed by atoms with E-state index in [1.807, 2.05) is 35.7 Å². The van der Waals surface area contributed by atoms with Crippen LogP contribution in [0.1, 0.15) is 16.8 Å². The molecule has 0 fully saturated rings. The van der Waals surface area contributed by atoms with Crippen LogP contribution in [-0.4, -0.2) is 18.4 Å². The fourth-order valence-corrected chi connectivity index (χ4v) is 3.28. The van der Waals surface area contributed by atoms with Gasteiger partial charge >= 0.3 is 0 Å². The molecule has 0 saturated heterocycles. The summed E-state index contributed by atoms with van der Waals surface area (Å²) in [6.07, 6.45) is 0.0212. The van der Waals surface area contributed by atoms with Gasteiger partial charge in [-0.3, -0.25) is 9.59 Å². The van der Waals surface area contributed by atoms with E-state index in [9.17, 15) is 18.4 Å². The van der Waals surface area contributed by atoms with Crippen LogP contribution in [0, 0.1) is 11.6 Å². The number of carbonyl (C=O) groups excluding carboxylic acids is 2. The van der Waals surface area contributed by atoms with E-state index in [4.69, 9.17) is 0 Å². The Morgan fingerprint density at radius 1 is 1.00 bits per heavy atom. The monoisotopic (exact) mass is 386 g/mol. The zero-order valence-corrected chi connectivity index (χ0v) is 15.0. The van der Waals surface area contributed by atoms with E-state index in [1.165, 1.54) is 0 Å². The normalized spacial score (nSPS) is 10.4. The number of amides is 2. The molecule has 0 saturated carbocycles. The smallest absolute Gasteiger partial charge is 0.254 e. The molecule has 4 nitrogen and oxygen atoms in total. The lowest BCUT2D eigenvalue weighted by atomic mass is 10.1. The molecule has 0 bridgehead atoms. The second kappa shape index (κ2) is 8.55. The van der Waals surface area contributed by atoms with Crippen LogP contribution in [0.2, 0.25) is 0 Å². The third kappa shape index (κ3) is 4.77. The number of nitrogens with one attached hydrogen (secondary N) is 2. The minimum atomic E-state index is -0.943. The molecule has 2 N–H and O–H groups in total. The lowest BCUT2D eigenvalue weighted by Crippen LogP contribution is -2.28. The second-order valence-corrected chi connectivity index (χ2v) is 6.65. The first-order valence-electron chi connectivity index (χ1n) is 8.20. The van der Waals surface area contributed by atoms with Crippen molar-refractivity contribution >= 4 is 28.8 Å². The van der Waals surface area contributed by atoms with Crippen LogP contribution in [0.3, 0.4) is 0 Å². The number of carbonyl (C=O) groups is 2. The Morgan fingerprint density at radius 3 is 2.56 bits per heavy atom. The van der Waals surface area contributed by atoms with Crippen molar-refractivity contribution < 1.29 is 18.4 Å². The highest BCUT2D eigenvalue weighted by atomic mass is 32.1. The number of para-hydroxylation sites is 1. The number of thiophene rings is 1. The molecule has 2 aromatic carbocycles. The number of rotatable bonds is 6. The van der Waals surface area contributed by atoms with Crippen molar-refractivity contribution in [2.45, 2.75) is 6.42 Å². The molecule has 0 unspecified atom stereocenters. The van der Waals surface area contributed by atoms with Crippen LogP contribution in [0.25, 0.3) is 10.4 Å². The molecular weight excluding hydrogens is 370 g/mol. The van der Waals surface area contributed by atoms with Crippen LogP contribution in [0.4, 0.5) is 14.5 Å². The Kier molecular flexibility index (Phi) is 5.93. The molecular formula is C20H16F2N2O2S. The lowest BCUT2D eigenvalue weighted by molar-refractivity contribution is -0.116. The standard InChI is InChI=1S/C20H16F2N2O2S/c21-13-7-8-14(16(22)12-13)20(26)23-10-9-19(25)24-17-5-2-1-4-15(17)18-6-3-11-27-18/h1-8,11-12H,9-10H2,(H,23,26)(H,24,25). The van der Waals surface area contributed by atoms with Gasteiger partial charge in [-0.15, -0.1) is 11.3 Å². The highest BCUT2D eigenvalue weighted by Crippen LogP contribution is 2.31. The largest absolute Gasteiger partial charge is 0.351 e.